The fraction of sp³-hybridized carbons (Fsp3) is 0.0185. The number of hydrogen-bond acceptors (Lipinski definition) is 4. The smallest absolute Gasteiger partial charge is 0.160 e. The Morgan fingerprint density at radius 2 is 0.966 bits per heavy atom. The normalized spacial score (nSPS) is 13.2. The molecule has 1 spiro atoms. The van der Waals surface area contributed by atoms with Crippen LogP contribution in [-0.2, 0) is 5.41 Å². The van der Waals surface area contributed by atoms with Gasteiger partial charge in [0, 0.05) is 42.8 Å². The summed E-state index contributed by atoms with van der Waals surface area (Å²) in [5, 5.41) is 3.51. The molecule has 0 amide bonds. The maximum atomic E-state index is 5.57. The number of nitrogens with zero attached hydrogens (tertiary/aromatic N) is 3. The van der Waals surface area contributed by atoms with Gasteiger partial charge in [-0.3, -0.25) is 0 Å². The molecule has 8 aromatic carbocycles. The van der Waals surface area contributed by atoms with E-state index in [0.29, 0.717) is 5.82 Å². The number of pyridine rings is 1. The molecule has 10 aromatic rings. The molecule has 270 valence electrons. The molecule has 0 fully saturated rings. The molecule has 3 heterocycles. The van der Waals surface area contributed by atoms with Gasteiger partial charge in [-0.25, -0.2) is 15.0 Å². The Hall–Kier alpha value is -7.14. The van der Waals surface area contributed by atoms with E-state index in [2.05, 4.69) is 176 Å². The predicted octanol–water partition coefficient (Wildman–Crippen LogP) is 13.7. The zero-order valence-electron chi connectivity index (χ0n) is 31.3. The van der Waals surface area contributed by atoms with E-state index in [-0.39, 0.29) is 0 Å². The third-order valence-corrected chi connectivity index (χ3v) is 13.1. The molecular formula is C54H33N3S. The number of aromatic nitrogens is 3. The molecule has 58 heavy (non-hydrogen) atoms. The van der Waals surface area contributed by atoms with E-state index in [1.54, 1.807) is 0 Å². The Morgan fingerprint density at radius 3 is 1.72 bits per heavy atom. The second kappa shape index (κ2) is 13.0. The van der Waals surface area contributed by atoms with Crippen LogP contribution in [0, 0.1) is 0 Å². The summed E-state index contributed by atoms with van der Waals surface area (Å²) >= 11 is 1.87. The minimum atomic E-state index is -0.480. The van der Waals surface area contributed by atoms with Crippen molar-refractivity contribution in [3.05, 3.63) is 222 Å². The molecule has 0 atom stereocenters. The molecule has 2 aliphatic rings. The fourth-order valence-electron chi connectivity index (χ4n) is 9.49. The summed E-state index contributed by atoms with van der Waals surface area (Å²) < 4.78 is 0. The van der Waals surface area contributed by atoms with Gasteiger partial charge in [-0.05, 0) is 69.1 Å². The highest BCUT2D eigenvalue weighted by molar-refractivity contribution is 7.99. The Bertz CT molecular complexity index is 3160. The first kappa shape index (κ1) is 33.0. The third kappa shape index (κ3) is 4.85. The summed E-state index contributed by atoms with van der Waals surface area (Å²) in [7, 11) is 0. The van der Waals surface area contributed by atoms with Gasteiger partial charge in [0.2, 0.25) is 0 Å². The van der Waals surface area contributed by atoms with Gasteiger partial charge in [0.25, 0.3) is 0 Å². The standard InChI is InChI=1S/C54H33N3S/c1-3-16-34(17-4-1)46-33-47(57-53(56-46)35-18-5-2-6-19-35)36-20-15-21-37(32-36)52-51-39(38-22-8-12-27-45(38)55-52)30-31-44-50(51)40-23-7-9-24-41(40)54(44)42-25-10-13-28-48(42)58-49-29-14-11-26-43(49)54/h1-33H. The lowest BCUT2D eigenvalue weighted by Gasteiger charge is -2.39. The minimum Gasteiger partial charge on any atom is -0.247 e. The number of fused-ring (bicyclic) bond motifs is 13. The van der Waals surface area contributed by atoms with Gasteiger partial charge in [-0.1, -0.05) is 182 Å². The quantitative estimate of drug-likeness (QED) is 0.168. The van der Waals surface area contributed by atoms with Crippen molar-refractivity contribution in [3.63, 3.8) is 0 Å². The minimum absolute atomic E-state index is 0.480. The Labute approximate surface area is 340 Å². The monoisotopic (exact) mass is 755 g/mol. The summed E-state index contributed by atoms with van der Waals surface area (Å²) in [4.78, 5) is 18.4. The topological polar surface area (TPSA) is 38.7 Å². The van der Waals surface area contributed by atoms with E-state index < -0.39 is 5.41 Å². The highest BCUT2D eigenvalue weighted by atomic mass is 32.2. The Morgan fingerprint density at radius 1 is 0.379 bits per heavy atom. The summed E-state index contributed by atoms with van der Waals surface area (Å²) in [6.07, 6.45) is 0. The lowest BCUT2D eigenvalue weighted by atomic mass is 9.67. The van der Waals surface area contributed by atoms with Crippen molar-refractivity contribution in [1.29, 1.82) is 0 Å². The molecule has 0 unspecified atom stereocenters. The number of hydrogen-bond donors (Lipinski definition) is 0. The molecular weight excluding hydrogens is 723 g/mol. The van der Waals surface area contributed by atoms with Crippen LogP contribution in [0.5, 0.6) is 0 Å². The SMILES string of the molecule is c1ccc(-c2cc(-c3cccc(-c4nc5ccccc5c5ccc6c(c45)-c4ccccc4C64c5ccccc5Sc5ccccc54)c3)nc(-c3ccccc3)n2)cc1. The second-order valence-electron chi connectivity index (χ2n) is 15.1. The van der Waals surface area contributed by atoms with Crippen molar-refractivity contribution in [2.24, 2.45) is 0 Å². The van der Waals surface area contributed by atoms with Crippen molar-refractivity contribution >= 4 is 33.4 Å². The largest absolute Gasteiger partial charge is 0.247 e. The molecule has 12 rings (SSSR count). The molecule has 0 saturated heterocycles. The first-order chi connectivity index (χ1) is 28.8. The van der Waals surface area contributed by atoms with Crippen molar-refractivity contribution in [3.8, 4) is 56.3 Å². The zero-order chi connectivity index (χ0) is 38.2. The number of para-hydroxylation sites is 1. The van der Waals surface area contributed by atoms with Crippen LogP contribution in [-0.4, -0.2) is 15.0 Å². The summed E-state index contributed by atoms with van der Waals surface area (Å²) in [5.74, 6) is 0.697. The maximum Gasteiger partial charge on any atom is 0.160 e. The van der Waals surface area contributed by atoms with Gasteiger partial charge in [0.05, 0.1) is 28.0 Å². The van der Waals surface area contributed by atoms with Crippen molar-refractivity contribution in [1.82, 2.24) is 15.0 Å². The molecule has 2 aromatic heterocycles. The van der Waals surface area contributed by atoms with Crippen LogP contribution >= 0.6 is 11.8 Å². The van der Waals surface area contributed by atoms with Crippen molar-refractivity contribution in [2.45, 2.75) is 15.2 Å². The van der Waals surface area contributed by atoms with Gasteiger partial charge in [0.1, 0.15) is 0 Å². The van der Waals surface area contributed by atoms with Gasteiger partial charge < -0.3 is 0 Å². The van der Waals surface area contributed by atoms with Gasteiger partial charge in [-0.15, -0.1) is 0 Å². The highest BCUT2D eigenvalue weighted by Gasteiger charge is 2.50. The van der Waals surface area contributed by atoms with Crippen LogP contribution in [0.1, 0.15) is 22.3 Å². The first-order valence-corrected chi connectivity index (χ1v) is 20.5. The van der Waals surface area contributed by atoms with Crippen molar-refractivity contribution < 1.29 is 0 Å². The van der Waals surface area contributed by atoms with Crippen LogP contribution < -0.4 is 0 Å². The Kier molecular flexibility index (Phi) is 7.38. The van der Waals surface area contributed by atoms with E-state index >= 15 is 0 Å². The Balaban J connectivity index is 1.15. The van der Waals surface area contributed by atoms with E-state index in [9.17, 15) is 0 Å². The average molecular weight is 756 g/mol. The fourth-order valence-corrected chi connectivity index (χ4v) is 10.7. The van der Waals surface area contributed by atoms with Crippen LogP contribution in [0.25, 0.3) is 78.0 Å². The molecule has 0 bridgehead atoms. The molecule has 0 radical (unpaired) electrons. The summed E-state index contributed by atoms with van der Waals surface area (Å²) in [5.41, 5.74) is 15.1. The van der Waals surface area contributed by atoms with Gasteiger partial charge in [-0.2, -0.15) is 0 Å². The highest BCUT2D eigenvalue weighted by Crippen LogP contribution is 2.63. The van der Waals surface area contributed by atoms with E-state index in [0.717, 1.165) is 50.2 Å². The van der Waals surface area contributed by atoms with Crippen molar-refractivity contribution in [2.75, 3.05) is 0 Å². The number of rotatable bonds is 4. The molecule has 1 aliphatic carbocycles. The van der Waals surface area contributed by atoms with E-state index in [1.165, 1.54) is 53.9 Å². The van der Waals surface area contributed by atoms with Gasteiger partial charge >= 0.3 is 0 Å². The molecule has 0 N–H and O–H groups in total. The molecule has 0 saturated carbocycles. The number of benzene rings is 8. The zero-order valence-corrected chi connectivity index (χ0v) is 32.1. The molecule has 4 heteroatoms. The summed E-state index contributed by atoms with van der Waals surface area (Å²) in [6.45, 7) is 0. The summed E-state index contributed by atoms with van der Waals surface area (Å²) in [6, 6.07) is 71.8. The van der Waals surface area contributed by atoms with Crippen LogP contribution in [0.3, 0.4) is 0 Å². The van der Waals surface area contributed by atoms with E-state index in [1.807, 2.05) is 36.0 Å². The maximum absolute atomic E-state index is 5.57. The van der Waals surface area contributed by atoms with Gasteiger partial charge in [0.15, 0.2) is 5.82 Å². The predicted molar refractivity (Wildman–Crippen MR) is 238 cm³/mol. The van der Waals surface area contributed by atoms with E-state index in [4.69, 9.17) is 15.0 Å². The van der Waals surface area contributed by atoms with Crippen LogP contribution in [0.2, 0.25) is 0 Å². The van der Waals surface area contributed by atoms with Crippen LogP contribution in [0.4, 0.5) is 0 Å². The lowest BCUT2D eigenvalue weighted by Crippen LogP contribution is -2.31. The average Bonchev–Trinajstić information content (AvgIpc) is 3.60. The molecule has 1 aliphatic heterocycles. The second-order valence-corrected chi connectivity index (χ2v) is 16.1. The third-order valence-electron chi connectivity index (χ3n) is 11.9. The molecule has 3 nitrogen and oxygen atoms in total. The lowest BCUT2D eigenvalue weighted by molar-refractivity contribution is 0.723. The first-order valence-electron chi connectivity index (χ1n) is 19.7. The van der Waals surface area contributed by atoms with Crippen LogP contribution in [0.15, 0.2) is 210 Å².